The van der Waals surface area contributed by atoms with Crippen molar-refractivity contribution in [3.63, 3.8) is 0 Å². The summed E-state index contributed by atoms with van der Waals surface area (Å²) >= 11 is 0. The monoisotopic (exact) mass is 351 g/mol. The van der Waals surface area contributed by atoms with Gasteiger partial charge in [0.2, 0.25) is 6.79 Å². The normalized spacial score (nSPS) is 12.2. The number of methoxy groups -OCH3 is 1. The minimum Gasteiger partial charge on any atom is -0.496 e. The van der Waals surface area contributed by atoms with E-state index in [0.717, 1.165) is 17.1 Å². The summed E-state index contributed by atoms with van der Waals surface area (Å²) < 4.78 is 16.2. The molecule has 4 N–H and O–H groups in total. The Bertz CT molecular complexity index is 1020. The topological polar surface area (TPSA) is 118 Å². The Morgan fingerprint density at radius 3 is 2.81 bits per heavy atom. The fraction of sp³-hybridized carbons (Fsp3) is 0.167. The van der Waals surface area contributed by atoms with Gasteiger partial charge in [-0.3, -0.25) is 0 Å². The second kappa shape index (κ2) is 6.40. The van der Waals surface area contributed by atoms with Gasteiger partial charge in [-0.05, 0) is 29.8 Å². The number of ether oxygens (including phenoxy) is 3. The molecule has 4 rings (SSSR count). The molecule has 3 aromatic rings. The molecule has 0 unspecified atom stereocenters. The van der Waals surface area contributed by atoms with E-state index in [1.165, 1.54) is 0 Å². The molecule has 8 heteroatoms. The summed E-state index contributed by atoms with van der Waals surface area (Å²) in [5.74, 6) is 2.95. The number of rotatable bonds is 4. The average Bonchev–Trinajstić information content (AvgIpc) is 3.08. The third-order valence-corrected chi connectivity index (χ3v) is 3.97. The van der Waals surface area contributed by atoms with Crippen molar-refractivity contribution in [2.45, 2.75) is 6.42 Å². The lowest BCUT2D eigenvalue weighted by Crippen LogP contribution is -2.22. The number of nitrogens with zero attached hydrogens (tertiary/aromatic N) is 3. The summed E-state index contributed by atoms with van der Waals surface area (Å²) in [6.07, 6.45) is 0.497. The number of hydrogen-bond donors (Lipinski definition) is 2. The van der Waals surface area contributed by atoms with Gasteiger partial charge in [-0.15, -0.1) is 0 Å². The van der Waals surface area contributed by atoms with Gasteiger partial charge in [0.25, 0.3) is 0 Å². The average molecular weight is 351 g/mol. The molecular weight excluding hydrogens is 334 g/mol. The molecule has 1 aliphatic rings. The van der Waals surface area contributed by atoms with Crippen molar-refractivity contribution >= 4 is 22.7 Å². The maximum atomic E-state index is 5.57. The van der Waals surface area contributed by atoms with Crippen LogP contribution in [0.15, 0.2) is 41.4 Å². The number of benzene rings is 2. The molecule has 26 heavy (non-hydrogen) atoms. The Morgan fingerprint density at radius 2 is 2.00 bits per heavy atom. The predicted octanol–water partition coefficient (Wildman–Crippen LogP) is 1.86. The number of guanidine groups is 1. The van der Waals surface area contributed by atoms with Gasteiger partial charge >= 0.3 is 0 Å². The summed E-state index contributed by atoms with van der Waals surface area (Å²) in [5.41, 5.74) is 12.8. The first-order valence-corrected chi connectivity index (χ1v) is 7.96. The molecule has 0 aliphatic carbocycles. The van der Waals surface area contributed by atoms with E-state index >= 15 is 0 Å². The summed E-state index contributed by atoms with van der Waals surface area (Å²) in [7, 11) is 1.58. The largest absolute Gasteiger partial charge is 0.496 e. The lowest BCUT2D eigenvalue weighted by atomic mass is 10.1. The maximum absolute atomic E-state index is 5.57. The maximum Gasteiger partial charge on any atom is 0.231 e. The first-order valence-electron chi connectivity index (χ1n) is 7.96. The molecule has 1 aromatic heterocycles. The van der Waals surface area contributed by atoms with Crippen LogP contribution in [0.4, 0.5) is 5.82 Å². The van der Waals surface area contributed by atoms with Gasteiger partial charge in [-0.25, -0.2) is 9.97 Å². The van der Waals surface area contributed by atoms with Crippen molar-refractivity contribution in [2.24, 2.45) is 16.5 Å². The highest BCUT2D eigenvalue weighted by Crippen LogP contribution is 2.34. The zero-order valence-electron chi connectivity index (χ0n) is 14.1. The summed E-state index contributed by atoms with van der Waals surface area (Å²) in [5, 5.41) is 0.665. The van der Waals surface area contributed by atoms with Crippen molar-refractivity contribution in [2.75, 3.05) is 13.9 Å². The molecule has 2 aromatic carbocycles. The summed E-state index contributed by atoms with van der Waals surface area (Å²) in [4.78, 5) is 13.3. The Morgan fingerprint density at radius 1 is 1.15 bits per heavy atom. The molecule has 0 radical (unpaired) electrons. The molecule has 8 nitrogen and oxygen atoms in total. The van der Waals surface area contributed by atoms with Gasteiger partial charge < -0.3 is 25.7 Å². The van der Waals surface area contributed by atoms with Gasteiger partial charge in [0, 0.05) is 6.42 Å². The molecule has 0 fully saturated rings. The van der Waals surface area contributed by atoms with E-state index in [-0.39, 0.29) is 12.8 Å². The fourth-order valence-corrected chi connectivity index (χ4v) is 2.87. The van der Waals surface area contributed by atoms with Crippen LogP contribution in [0.5, 0.6) is 17.2 Å². The van der Waals surface area contributed by atoms with E-state index in [4.69, 9.17) is 25.7 Å². The van der Waals surface area contributed by atoms with Crippen LogP contribution in [-0.2, 0) is 6.42 Å². The van der Waals surface area contributed by atoms with Gasteiger partial charge in [-0.2, -0.15) is 4.99 Å². The molecule has 1 aliphatic heterocycles. The molecule has 0 atom stereocenters. The highest BCUT2D eigenvalue weighted by molar-refractivity contribution is 5.95. The Labute approximate surface area is 149 Å². The first-order chi connectivity index (χ1) is 12.6. The van der Waals surface area contributed by atoms with Crippen LogP contribution in [0.2, 0.25) is 0 Å². The summed E-state index contributed by atoms with van der Waals surface area (Å²) in [6, 6.07) is 11.3. The smallest absolute Gasteiger partial charge is 0.231 e. The Kier molecular flexibility index (Phi) is 3.92. The zero-order valence-corrected chi connectivity index (χ0v) is 14.1. The van der Waals surface area contributed by atoms with Gasteiger partial charge in [-0.1, -0.05) is 12.1 Å². The van der Waals surface area contributed by atoms with Crippen LogP contribution in [0.3, 0.4) is 0 Å². The number of aromatic nitrogens is 2. The van der Waals surface area contributed by atoms with E-state index in [1.807, 2.05) is 36.4 Å². The molecule has 0 saturated carbocycles. The lowest BCUT2D eigenvalue weighted by molar-refractivity contribution is 0.174. The quantitative estimate of drug-likeness (QED) is 0.544. The van der Waals surface area contributed by atoms with E-state index in [2.05, 4.69) is 15.0 Å². The van der Waals surface area contributed by atoms with Gasteiger partial charge in [0.1, 0.15) is 11.6 Å². The Hall–Kier alpha value is -3.55. The standard InChI is InChI=1S/C18H17N5O3/c1-24-13-4-2-3-11-16(13)17(23-18(19)20)22-15(21-11)8-10-5-6-12-14(7-10)26-9-25-12/h2-7H,8-9H2,1H3,(H4,19,20,21,22,23). The highest BCUT2D eigenvalue weighted by atomic mass is 16.7. The van der Waals surface area contributed by atoms with E-state index in [9.17, 15) is 0 Å². The molecule has 2 heterocycles. The van der Waals surface area contributed by atoms with Gasteiger partial charge in [0.15, 0.2) is 23.3 Å². The number of nitrogens with two attached hydrogens (primary N) is 2. The van der Waals surface area contributed by atoms with Crippen LogP contribution < -0.4 is 25.7 Å². The Balaban J connectivity index is 1.79. The lowest BCUT2D eigenvalue weighted by Gasteiger charge is -2.10. The van der Waals surface area contributed by atoms with Crippen LogP contribution in [0.25, 0.3) is 10.9 Å². The third kappa shape index (κ3) is 2.92. The molecule has 0 amide bonds. The number of aliphatic imine (C=N–C) groups is 1. The van der Waals surface area contributed by atoms with Crippen molar-refractivity contribution in [1.29, 1.82) is 0 Å². The summed E-state index contributed by atoms with van der Waals surface area (Å²) in [6.45, 7) is 0.236. The third-order valence-electron chi connectivity index (χ3n) is 3.97. The van der Waals surface area contributed by atoms with Crippen molar-refractivity contribution in [3.8, 4) is 17.2 Å². The second-order valence-corrected chi connectivity index (χ2v) is 5.72. The minimum atomic E-state index is -0.0788. The molecular formula is C18H17N5O3. The molecule has 132 valence electrons. The van der Waals surface area contributed by atoms with Crippen LogP contribution in [0, 0.1) is 0 Å². The SMILES string of the molecule is COc1cccc2nc(Cc3ccc4c(c3)OCO4)nc(N=C(N)N)c12. The van der Waals surface area contributed by atoms with E-state index < -0.39 is 0 Å². The van der Waals surface area contributed by atoms with E-state index in [1.54, 1.807) is 7.11 Å². The van der Waals surface area contributed by atoms with Crippen LogP contribution in [-0.4, -0.2) is 29.8 Å². The number of hydrogen-bond acceptors (Lipinski definition) is 6. The zero-order chi connectivity index (χ0) is 18.1. The molecule has 0 saturated heterocycles. The molecule has 0 bridgehead atoms. The number of fused-ring (bicyclic) bond motifs is 2. The second-order valence-electron chi connectivity index (χ2n) is 5.72. The highest BCUT2D eigenvalue weighted by Gasteiger charge is 2.16. The van der Waals surface area contributed by atoms with Crippen LogP contribution in [0.1, 0.15) is 11.4 Å². The minimum absolute atomic E-state index is 0.0788. The fourth-order valence-electron chi connectivity index (χ4n) is 2.87. The van der Waals surface area contributed by atoms with Crippen molar-refractivity contribution < 1.29 is 14.2 Å². The van der Waals surface area contributed by atoms with Crippen molar-refractivity contribution in [3.05, 3.63) is 47.8 Å². The van der Waals surface area contributed by atoms with Crippen molar-refractivity contribution in [1.82, 2.24) is 9.97 Å². The van der Waals surface area contributed by atoms with Crippen LogP contribution >= 0.6 is 0 Å². The predicted molar refractivity (Wildman–Crippen MR) is 96.9 cm³/mol. The van der Waals surface area contributed by atoms with E-state index in [0.29, 0.717) is 34.7 Å². The van der Waals surface area contributed by atoms with Gasteiger partial charge in [0.05, 0.1) is 18.0 Å². The molecule has 0 spiro atoms. The first kappa shape index (κ1) is 15.9.